The summed E-state index contributed by atoms with van der Waals surface area (Å²) >= 11 is 1.10. The van der Waals surface area contributed by atoms with Gasteiger partial charge in [0, 0.05) is 10.8 Å². The van der Waals surface area contributed by atoms with E-state index >= 15 is 0 Å². The first kappa shape index (κ1) is 13.7. The Balaban J connectivity index is 2.68. The molecular weight excluding hydrogens is 238 g/mol. The van der Waals surface area contributed by atoms with E-state index in [-0.39, 0.29) is 18.1 Å². The zero-order valence-corrected chi connectivity index (χ0v) is 10.6. The minimum Gasteiger partial charge on any atom is -0.299 e. The van der Waals surface area contributed by atoms with Crippen molar-refractivity contribution in [3.8, 4) is 0 Å². The Hall–Kier alpha value is -1.36. The molecule has 0 aliphatic carbocycles. The summed E-state index contributed by atoms with van der Waals surface area (Å²) in [5.74, 6) is -0.377. The van der Waals surface area contributed by atoms with E-state index in [0.29, 0.717) is 0 Å². The molecule has 0 amide bonds. The molecule has 0 N–H and O–H groups in total. The van der Waals surface area contributed by atoms with Gasteiger partial charge in [0.05, 0.1) is 6.42 Å². The van der Waals surface area contributed by atoms with E-state index in [2.05, 4.69) is 0 Å². The second-order valence-electron chi connectivity index (χ2n) is 3.78. The first-order valence-corrected chi connectivity index (χ1v) is 6.59. The lowest BCUT2D eigenvalue weighted by molar-refractivity contribution is -0.493. The molecule has 0 aromatic heterocycles. The summed E-state index contributed by atoms with van der Waals surface area (Å²) in [5, 5.41) is 9.82. The smallest absolute Gasteiger partial charge is 0.264 e. The van der Waals surface area contributed by atoms with Gasteiger partial charge in [-0.3, -0.25) is 14.9 Å². The van der Waals surface area contributed by atoms with Gasteiger partial charge < -0.3 is 0 Å². The summed E-state index contributed by atoms with van der Waals surface area (Å²) in [6.07, 6.45) is 1.62. The third-order valence-corrected chi connectivity index (χ3v) is 3.55. The lowest BCUT2D eigenvalue weighted by Crippen LogP contribution is -2.22. The van der Waals surface area contributed by atoms with Gasteiger partial charge in [-0.15, -0.1) is 0 Å². The first-order chi connectivity index (χ1) is 8.06. The van der Waals surface area contributed by atoms with Crippen molar-refractivity contribution in [1.82, 2.24) is 0 Å². The minimum absolute atomic E-state index is 0.0236. The van der Waals surface area contributed by atoms with Crippen LogP contribution in [0.2, 0.25) is 0 Å². The van der Waals surface area contributed by atoms with Crippen LogP contribution in [0.15, 0.2) is 30.3 Å². The number of hydrogen-bond donors (Lipinski definition) is 0. The fourth-order valence-electron chi connectivity index (χ4n) is 1.52. The number of rotatable bonds is 6. The molecule has 17 heavy (non-hydrogen) atoms. The van der Waals surface area contributed by atoms with Gasteiger partial charge in [0.25, 0.3) is 5.37 Å². The highest BCUT2D eigenvalue weighted by atomic mass is 32.2. The molecule has 0 radical (unpaired) electrons. The number of thioether (sulfide) groups is 1. The van der Waals surface area contributed by atoms with E-state index in [9.17, 15) is 14.9 Å². The predicted molar refractivity (Wildman–Crippen MR) is 68.8 cm³/mol. The molecular formula is C12H15NO3S. The summed E-state index contributed by atoms with van der Waals surface area (Å²) in [4.78, 5) is 22.2. The normalized spacial score (nSPS) is 14.0. The van der Waals surface area contributed by atoms with E-state index in [1.165, 1.54) is 0 Å². The molecule has 2 unspecified atom stereocenters. The van der Waals surface area contributed by atoms with Crippen molar-refractivity contribution in [3.63, 3.8) is 0 Å². The van der Waals surface area contributed by atoms with Crippen molar-refractivity contribution >= 4 is 17.5 Å². The van der Waals surface area contributed by atoms with Crippen LogP contribution in [0.5, 0.6) is 0 Å². The maximum atomic E-state index is 11.9. The zero-order chi connectivity index (χ0) is 12.8. The van der Waals surface area contributed by atoms with E-state index in [0.717, 1.165) is 17.3 Å². The van der Waals surface area contributed by atoms with Crippen LogP contribution in [0.3, 0.4) is 0 Å². The van der Waals surface area contributed by atoms with Crippen molar-refractivity contribution in [3.05, 3.63) is 46.0 Å². The van der Waals surface area contributed by atoms with Crippen LogP contribution in [0, 0.1) is 10.1 Å². The number of benzene rings is 1. The standard InChI is InChI=1S/C12H15NO3S/c1-9(10-6-4-3-5-7-10)11(14)8-12(17-2)13(15)16/h3-7,9,12H,8H2,1-2H3. The molecule has 4 nitrogen and oxygen atoms in total. The Bertz CT molecular complexity index is 394. The van der Waals surface area contributed by atoms with E-state index in [1.807, 2.05) is 30.3 Å². The SMILES string of the molecule is CSC(CC(=O)C(C)c1ccccc1)[N+](=O)[O-]. The van der Waals surface area contributed by atoms with Crippen LogP contribution in [0.25, 0.3) is 0 Å². The Labute approximate surface area is 105 Å². The largest absolute Gasteiger partial charge is 0.299 e. The van der Waals surface area contributed by atoms with Gasteiger partial charge in [-0.2, -0.15) is 0 Å². The van der Waals surface area contributed by atoms with Crippen molar-refractivity contribution in [2.24, 2.45) is 0 Å². The molecule has 1 rings (SSSR count). The maximum absolute atomic E-state index is 11.9. The van der Waals surface area contributed by atoms with Crippen molar-refractivity contribution in [1.29, 1.82) is 0 Å². The number of nitro groups is 1. The number of carbonyl (C=O) groups is 1. The molecule has 0 spiro atoms. The highest BCUT2D eigenvalue weighted by Crippen LogP contribution is 2.21. The number of hydrogen-bond acceptors (Lipinski definition) is 4. The fraction of sp³-hybridized carbons (Fsp3) is 0.417. The molecule has 0 saturated heterocycles. The average Bonchev–Trinajstić information content (AvgIpc) is 2.35. The van der Waals surface area contributed by atoms with E-state index in [1.54, 1.807) is 13.2 Å². The summed E-state index contributed by atoms with van der Waals surface area (Å²) in [6, 6.07) is 9.32. The van der Waals surface area contributed by atoms with Crippen molar-refractivity contribution in [2.45, 2.75) is 24.6 Å². The first-order valence-electron chi connectivity index (χ1n) is 5.30. The van der Waals surface area contributed by atoms with Gasteiger partial charge in [0.1, 0.15) is 5.78 Å². The second kappa shape index (κ2) is 6.39. The molecule has 2 atom stereocenters. The van der Waals surface area contributed by atoms with Crippen LogP contribution in [-0.2, 0) is 4.79 Å². The third-order valence-electron chi connectivity index (χ3n) is 2.67. The van der Waals surface area contributed by atoms with Gasteiger partial charge in [0.15, 0.2) is 0 Å². The van der Waals surface area contributed by atoms with Crippen LogP contribution in [0.4, 0.5) is 0 Å². The summed E-state index contributed by atoms with van der Waals surface area (Å²) in [6.45, 7) is 1.79. The number of ketones is 1. The summed E-state index contributed by atoms with van der Waals surface area (Å²) in [7, 11) is 0. The molecule has 0 bridgehead atoms. The molecule has 0 fully saturated rings. The number of nitrogens with zero attached hydrogens (tertiary/aromatic N) is 1. The fourth-order valence-corrected chi connectivity index (χ4v) is 2.02. The van der Waals surface area contributed by atoms with E-state index in [4.69, 9.17) is 0 Å². The van der Waals surface area contributed by atoms with Crippen LogP contribution >= 0.6 is 11.8 Å². The Morgan fingerprint density at radius 3 is 2.47 bits per heavy atom. The average molecular weight is 253 g/mol. The maximum Gasteiger partial charge on any atom is 0.264 e. The van der Waals surface area contributed by atoms with Gasteiger partial charge >= 0.3 is 0 Å². The zero-order valence-electron chi connectivity index (χ0n) is 9.83. The Kier molecular flexibility index (Phi) is 5.15. The quantitative estimate of drug-likeness (QED) is 0.444. The van der Waals surface area contributed by atoms with Gasteiger partial charge in [-0.25, -0.2) is 0 Å². The molecule has 1 aromatic rings. The van der Waals surface area contributed by atoms with Crippen molar-refractivity contribution in [2.75, 3.05) is 6.26 Å². The minimum atomic E-state index is -0.839. The lowest BCUT2D eigenvalue weighted by Gasteiger charge is -2.12. The molecule has 0 heterocycles. The van der Waals surface area contributed by atoms with Crippen LogP contribution in [0.1, 0.15) is 24.8 Å². The molecule has 0 aliphatic rings. The lowest BCUT2D eigenvalue weighted by atomic mass is 9.95. The number of Topliss-reactive ketones (excluding diaryl/α,β-unsaturated/α-hetero) is 1. The van der Waals surface area contributed by atoms with Gasteiger partial charge in [-0.1, -0.05) is 49.0 Å². The van der Waals surface area contributed by atoms with E-state index < -0.39 is 10.3 Å². The van der Waals surface area contributed by atoms with Crippen molar-refractivity contribution < 1.29 is 9.72 Å². The second-order valence-corrected chi connectivity index (χ2v) is 4.79. The van der Waals surface area contributed by atoms with Gasteiger partial charge in [-0.05, 0) is 11.8 Å². The third kappa shape index (κ3) is 3.85. The summed E-state index contributed by atoms with van der Waals surface area (Å²) in [5.41, 5.74) is 0.903. The Morgan fingerprint density at radius 2 is 2.00 bits per heavy atom. The number of carbonyl (C=O) groups excluding carboxylic acids is 1. The van der Waals surface area contributed by atoms with Crippen LogP contribution in [-0.4, -0.2) is 22.3 Å². The molecule has 1 aromatic carbocycles. The molecule has 5 heteroatoms. The molecule has 92 valence electrons. The predicted octanol–water partition coefficient (Wildman–Crippen LogP) is 2.72. The van der Waals surface area contributed by atoms with Crippen LogP contribution < -0.4 is 0 Å². The topological polar surface area (TPSA) is 60.2 Å². The highest BCUT2D eigenvalue weighted by molar-refractivity contribution is 7.99. The van der Waals surface area contributed by atoms with Gasteiger partial charge in [0.2, 0.25) is 0 Å². The molecule has 0 aliphatic heterocycles. The highest BCUT2D eigenvalue weighted by Gasteiger charge is 2.26. The molecule has 0 saturated carbocycles. The monoisotopic (exact) mass is 253 g/mol. The Morgan fingerprint density at radius 1 is 1.41 bits per heavy atom. The summed E-state index contributed by atoms with van der Waals surface area (Å²) < 4.78 is 0.